The van der Waals surface area contributed by atoms with Gasteiger partial charge in [-0.05, 0) is 53.1 Å². The van der Waals surface area contributed by atoms with Gasteiger partial charge >= 0.3 is 0 Å². The number of aliphatic hydroxyl groups excluding tert-OH is 2. The maximum Gasteiger partial charge on any atom is 0.0642 e. The van der Waals surface area contributed by atoms with Gasteiger partial charge in [-0.15, -0.1) is 0 Å². The fourth-order valence-electron chi connectivity index (χ4n) is 4.42. The van der Waals surface area contributed by atoms with Gasteiger partial charge in [0.05, 0.1) is 26.4 Å². The molecule has 2 N–H and O–H groups in total. The van der Waals surface area contributed by atoms with Crippen LogP contribution in [-0.2, 0) is 4.74 Å². The Kier molecular flexibility index (Phi) is 8.24. The highest BCUT2D eigenvalue weighted by molar-refractivity contribution is 6.30. The molecule has 5 nitrogen and oxygen atoms in total. The fraction of sp³-hybridized carbons (Fsp3) is 0.333. The molecule has 1 aliphatic heterocycles. The summed E-state index contributed by atoms with van der Waals surface area (Å²) in [6.07, 6.45) is 0. The van der Waals surface area contributed by atoms with Crippen molar-refractivity contribution in [2.24, 2.45) is 0 Å². The molecule has 1 unspecified atom stereocenters. The van der Waals surface area contributed by atoms with Crippen LogP contribution in [0.4, 0.5) is 11.4 Å². The Morgan fingerprint density at radius 3 is 1.76 bits per heavy atom. The number of rotatable bonds is 9. The summed E-state index contributed by atoms with van der Waals surface area (Å²) in [5.74, 6) is 0.0687. The second kappa shape index (κ2) is 11.5. The molecule has 1 atom stereocenters. The Balaban J connectivity index is 1.65. The van der Waals surface area contributed by atoms with Crippen LogP contribution in [0.15, 0.2) is 72.8 Å². The summed E-state index contributed by atoms with van der Waals surface area (Å²) in [5, 5.41) is 19.4. The third kappa shape index (κ3) is 5.87. The summed E-state index contributed by atoms with van der Waals surface area (Å²) in [6.45, 7) is 4.44. The zero-order chi connectivity index (χ0) is 23.0. The SMILES string of the molecule is OCCN(CCO)c1ccc(C(c2ccc(Cl)cc2)c2ccc(N3CCOCC3)cc2)cc1. The number of anilines is 2. The van der Waals surface area contributed by atoms with Gasteiger partial charge in [-0.3, -0.25) is 0 Å². The van der Waals surface area contributed by atoms with E-state index < -0.39 is 0 Å². The zero-order valence-corrected chi connectivity index (χ0v) is 19.5. The standard InChI is InChI=1S/C27H31ClN2O3/c28-24-7-1-21(2-8-24)27(22-3-9-25(10-4-22)29(13-17-31)14-18-32)23-5-11-26(12-6-23)30-15-19-33-20-16-30/h1-12,27,31-32H,13-20H2. The van der Waals surface area contributed by atoms with Gasteiger partial charge in [0.2, 0.25) is 0 Å². The topological polar surface area (TPSA) is 56.2 Å². The lowest BCUT2D eigenvalue weighted by atomic mass is 9.85. The number of nitrogens with zero attached hydrogens (tertiary/aromatic N) is 2. The van der Waals surface area contributed by atoms with Crippen molar-refractivity contribution in [2.45, 2.75) is 5.92 Å². The predicted octanol–water partition coefficient (Wildman–Crippen LogP) is 4.15. The van der Waals surface area contributed by atoms with E-state index in [2.05, 4.69) is 65.6 Å². The molecule has 0 aromatic heterocycles. The molecule has 0 saturated carbocycles. The van der Waals surface area contributed by atoms with Crippen LogP contribution in [0.1, 0.15) is 22.6 Å². The largest absolute Gasteiger partial charge is 0.395 e. The summed E-state index contributed by atoms with van der Waals surface area (Å²) in [5.41, 5.74) is 5.77. The van der Waals surface area contributed by atoms with Crippen LogP contribution in [0, 0.1) is 0 Å². The molecule has 3 aromatic rings. The molecule has 33 heavy (non-hydrogen) atoms. The predicted molar refractivity (Wildman–Crippen MR) is 135 cm³/mol. The number of morpholine rings is 1. The number of hydrogen-bond donors (Lipinski definition) is 2. The van der Waals surface area contributed by atoms with Crippen LogP contribution < -0.4 is 9.80 Å². The minimum atomic E-state index is 0.0463. The Hall–Kier alpha value is -2.57. The van der Waals surface area contributed by atoms with Crippen LogP contribution >= 0.6 is 11.6 Å². The van der Waals surface area contributed by atoms with Gasteiger partial charge in [0.15, 0.2) is 0 Å². The molecule has 0 aliphatic carbocycles. The highest BCUT2D eigenvalue weighted by Gasteiger charge is 2.19. The van der Waals surface area contributed by atoms with E-state index in [9.17, 15) is 10.2 Å². The lowest BCUT2D eigenvalue weighted by Crippen LogP contribution is -2.36. The second-order valence-electron chi connectivity index (χ2n) is 8.20. The number of benzene rings is 3. The van der Waals surface area contributed by atoms with Crippen molar-refractivity contribution in [1.82, 2.24) is 0 Å². The summed E-state index contributed by atoms with van der Waals surface area (Å²) in [7, 11) is 0. The van der Waals surface area contributed by atoms with E-state index in [1.54, 1.807) is 0 Å². The zero-order valence-electron chi connectivity index (χ0n) is 18.7. The van der Waals surface area contributed by atoms with Crippen molar-refractivity contribution in [3.63, 3.8) is 0 Å². The van der Waals surface area contributed by atoms with E-state index in [4.69, 9.17) is 16.3 Å². The van der Waals surface area contributed by atoms with Crippen LogP contribution in [0.2, 0.25) is 5.02 Å². The third-order valence-electron chi connectivity index (χ3n) is 6.14. The molecule has 0 spiro atoms. The average molecular weight is 467 g/mol. The Morgan fingerprint density at radius 2 is 1.24 bits per heavy atom. The Bertz CT molecular complexity index is 981. The molecule has 1 heterocycles. The van der Waals surface area contributed by atoms with Gasteiger partial charge in [-0.1, -0.05) is 48.0 Å². The Labute approximate surface area is 200 Å². The second-order valence-corrected chi connectivity index (χ2v) is 8.64. The van der Waals surface area contributed by atoms with E-state index in [0.29, 0.717) is 13.1 Å². The molecule has 1 fully saturated rings. The van der Waals surface area contributed by atoms with Crippen molar-refractivity contribution < 1.29 is 14.9 Å². The minimum Gasteiger partial charge on any atom is -0.395 e. The molecular formula is C27H31ClN2O3. The monoisotopic (exact) mass is 466 g/mol. The first-order valence-electron chi connectivity index (χ1n) is 11.4. The van der Waals surface area contributed by atoms with E-state index >= 15 is 0 Å². The van der Waals surface area contributed by atoms with Crippen LogP contribution in [0.5, 0.6) is 0 Å². The first-order chi connectivity index (χ1) is 16.2. The third-order valence-corrected chi connectivity index (χ3v) is 6.39. The maximum absolute atomic E-state index is 9.36. The maximum atomic E-state index is 9.36. The smallest absolute Gasteiger partial charge is 0.0642 e. The first-order valence-corrected chi connectivity index (χ1v) is 11.8. The van der Waals surface area contributed by atoms with Crippen molar-refractivity contribution in [3.05, 3.63) is 94.5 Å². The molecule has 174 valence electrons. The molecule has 3 aromatic carbocycles. The number of aliphatic hydroxyl groups is 2. The highest BCUT2D eigenvalue weighted by Crippen LogP contribution is 2.34. The molecule has 1 aliphatic rings. The van der Waals surface area contributed by atoms with Crippen molar-refractivity contribution in [1.29, 1.82) is 0 Å². The van der Waals surface area contributed by atoms with Gasteiger partial charge in [0, 0.05) is 48.5 Å². The van der Waals surface area contributed by atoms with Gasteiger partial charge in [-0.2, -0.15) is 0 Å². The number of ether oxygens (including phenoxy) is 1. The van der Waals surface area contributed by atoms with Gasteiger partial charge < -0.3 is 24.7 Å². The molecular weight excluding hydrogens is 436 g/mol. The average Bonchev–Trinajstić information content (AvgIpc) is 2.87. The summed E-state index contributed by atoms with van der Waals surface area (Å²) in [4.78, 5) is 4.34. The van der Waals surface area contributed by atoms with E-state index in [1.165, 1.54) is 22.4 Å². The fourth-order valence-corrected chi connectivity index (χ4v) is 4.55. The molecule has 6 heteroatoms. The highest BCUT2D eigenvalue weighted by atomic mass is 35.5. The van der Waals surface area contributed by atoms with Crippen LogP contribution in [0.3, 0.4) is 0 Å². The van der Waals surface area contributed by atoms with Gasteiger partial charge in [0.25, 0.3) is 0 Å². The summed E-state index contributed by atoms with van der Waals surface area (Å²) in [6, 6.07) is 25.2. The lowest BCUT2D eigenvalue weighted by Gasteiger charge is -2.29. The molecule has 1 saturated heterocycles. The minimum absolute atomic E-state index is 0.0463. The van der Waals surface area contributed by atoms with Gasteiger partial charge in [0.1, 0.15) is 0 Å². The molecule has 4 rings (SSSR count). The molecule has 0 amide bonds. The Morgan fingerprint density at radius 1 is 0.758 bits per heavy atom. The summed E-state index contributed by atoms with van der Waals surface area (Å²) < 4.78 is 5.48. The number of hydrogen-bond acceptors (Lipinski definition) is 5. The van der Waals surface area contributed by atoms with Crippen molar-refractivity contribution in [2.75, 3.05) is 62.4 Å². The van der Waals surface area contributed by atoms with E-state index in [-0.39, 0.29) is 19.1 Å². The first kappa shape index (κ1) is 23.6. The van der Waals surface area contributed by atoms with Crippen LogP contribution in [-0.4, -0.2) is 62.8 Å². The lowest BCUT2D eigenvalue weighted by molar-refractivity contribution is 0.122. The van der Waals surface area contributed by atoms with Gasteiger partial charge in [-0.25, -0.2) is 0 Å². The number of halogens is 1. The van der Waals surface area contributed by atoms with Crippen LogP contribution in [0.25, 0.3) is 0 Å². The van der Waals surface area contributed by atoms with E-state index in [1.807, 2.05) is 17.0 Å². The van der Waals surface area contributed by atoms with E-state index in [0.717, 1.165) is 37.0 Å². The quantitative estimate of drug-likeness (QED) is 0.464. The summed E-state index contributed by atoms with van der Waals surface area (Å²) >= 11 is 6.17. The normalized spacial score (nSPS) is 14.8. The molecule has 0 bridgehead atoms. The van der Waals surface area contributed by atoms with Crippen molar-refractivity contribution >= 4 is 23.0 Å². The van der Waals surface area contributed by atoms with Crippen molar-refractivity contribution in [3.8, 4) is 0 Å². The molecule has 0 radical (unpaired) electrons.